The normalized spacial score (nSPS) is 38.2. The molecule has 2 nitrogen and oxygen atoms in total. The van der Waals surface area contributed by atoms with Crippen LogP contribution in [0.2, 0.25) is 0 Å². The van der Waals surface area contributed by atoms with Crippen molar-refractivity contribution in [2.75, 3.05) is 19.6 Å². The molecule has 4 rings (SSSR count). The molecule has 0 amide bonds. The van der Waals surface area contributed by atoms with Gasteiger partial charge in [-0.3, -0.25) is 0 Å². The summed E-state index contributed by atoms with van der Waals surface area (Å²) < 4.78 is 6.02. The second-order valence-electron chi connectivity index (χ2n) is 6.11. The fourth-order valence-electron chi connectivity index (χ4n) is 4.16. The number of hydrogen-bond donors (Lipinski definition) is 0. The highest BCUT2D eigenvalue weighted by Crippen LogP contribution is 2.47. The Kier molecular flexibility index (Phi) is 2.66. The van der Waals surface area contributed by atoms with Gasteiger partial charge in [0.05, 0.1) is 12.2 Å². The molecule has 1 aromatic carbocycles. The maximum absolute atomic E-state index is 6.02. The summed E-state index contributed by atoms with van der Waals surface area (Å²) >= 11 is 0. The van der Waals surface area contributed by atoms with E-state index in [1.807, 2.05) is 0 Å². The van der Waals surface area contributed by atoms with E-state index < -0.39 is 0 Å². The molecule has 4 atom stereocenters. The van der Waals surface area contributed by atoms with Gasteiger partial charge in [-0.2, -0.15) is 0 Å². The van der Waals surface area contributed by atoms with Gasteiger partial charge >= 0.3 is 0 Å². The van der Waals surface area contributed by atoms with Crippen molar-refractivity contribution in [2.24, 2.45) is 11.8 Å². The van der Waals surface area contributed by atoms with Crippen molar-refractivity contribution in [3.63, 3.8) is 0 Å². The lowest BCUT2D eigenvalue weighted by Gasteiger charge is -2.18. The number of fused-ring (bicyclic) bond motifs is 5. The number of likely N-dealkylation sites (tertiary alicyclic amines) is 1. The van der Waals surface area contributed by atoms with Crippen LogP contribution in [0, 0.1) is 11.8 Å². The molecule has 0 spiro atoms. The van der Waals surface area contributed by atoms with Crippen molar-refractivity contribution in [1.82, 2.24) is 4.90 Å². The number of hydrogen-bond acceptors (Lipinski definition) is 2. The molecule has 0 aromatic heterocycles. The van der Waals surface area contributed by atoms with Gasteiger partial charge in [-0.1, -0.05) is 30.3 Å². The molecule has 3 aliphatic heterocycles. The molecule has 3 fully saturated rings. The molecule has 3 aliphatic rings. The molecule has 1 aromatic rings. The Balaban J connectivity index is 1.35. The van der Waals surface area contributed by atoms with Gasteiger partial charge in [0, 0.05) is 31.5 Å². The van der Waals surface area contributed by atoms with Crippen molar-refractivity contribution < 1.29 is 4.74 Å². The standard InChI is InChI=1S/C16H21NO/c1-2-4-12(5-3-1)8-9-17-10-13-14(11-17)16-7-6-15(13)18-16/h1-5,13-16H,6-11H2. The summed E-state index contributed by atoms with van der Waals surface area (Å²) in [4.78, 5) is 2.66. The lowest BCUT2D eigenvalue weighted by molar-refractivity contribution is 0.0708. The molecule has 2 heteroatoms. The monoisotopic (exact) mass is 243 g/mol. The van der Waals surface area contributed by atoms with E-state index in [4.69, 9.17) is 4.74 Å². The van der Waals surface area contributed by atoms with Crippen LogP contribution >= 0.6 is 0 Å². The van der Waals surface area contributed by atoms with Crippen LogP contribution in [0.1, 0.15) is 18.4 Å². The van der Waals surface area contributed by atoms with Gasteiger partial charge in [-0.15, -0.1) is 0 Å². The summed E-state index contributed by atoms with van der Waals surface area (Å²) in [6.07, 6.45) is 5.02. The predicted molar refractivity (Wildman–Crippen MR) is 71.5 cm³/mol. The second-order valence-corrected chi connectivity index (χ2v) is 6.11. The molecular formula is C16H21NO. The van der Waals surface area contributed by atoms with Crippen LogP contribution in [0.4, 0.5) is 0 Å². The molecule has 2 bridgehead atoms. The van der Waals surface area contributed by atoms with Crippen molar-refractivity contribution >= 4 is 0 Å². The molecule has 0 aliphatic carbocycles. The average Bonchev–Trinajstić information content (AvgIpc) is 3.10. The predicted octanol–water partition coefficient (Wildman–Crippen LogP) is 2.34. The molecule has 0 N–H and O–H groups in total. The van der Waals surface area contributed by atoms with Crippen molar-refractivity contribution in [2.45, 2.75) is 31.5 Å². The SMILES string of the molecule is c1ccc(CCN2CC3C4CCC(O4)C3C2)cc1. The Labute approximate surface area is 109 Å². The van der Waals surface area contributed by atoms with Gasteiger partial charge in [0.2, 0.25) is 0 Å². The van der Waals surface area contributed by atoms with Crippen LogP contribution in [0.3, 0.4) is 0 Å². The van der Waals surface area contributed by atoms with Gasteiger partial charge in [-0.05, 0) is 24.8 Å². The number of ether oxygens (including phenoxy) is 1. The quantitative estimate of drug-likeness (QED) is 0.808. The van der Waals surface area contributed by atoms with Crippen molar-refractivity contribution in [3.05, 3.63) is 35.9 Å². The number of nitrogens with zero attached hydrogens (tertiary/aromatic N) is 1. The fraction of sp³-hybridized carbons (Fsp3) is 0.625. The van der Waals surface area contributed by atoms with E-state index in [0.29, 0.717) is 12.2 Å². The van der Waals surface area contributed by atoms with E-state index >= 15 is 0 Å². The minimum absolute atomic E-state index is 0.599. The molecule has 18 heavy (non-hydrogen) atoms. The molecule has 0 radical (unpaired) electrons. The first-order valence-electron chi connectivity index (χ1n) is 7.32. The number of benzene rings is 1. The van der Waals surface area contributed by atoms with E-state index in [2.05, 4.69) is 35.2 Å². The van der Waals surface area contributed by atoms with Crippen molar-refractivity contribution in [1.29, 1.82) is 0 Å². The van der Waals surface area contributed by atoms with E-state index in [-0.39, 0.29) is 0 Å². The molecule has 4 unspecified atom stereocenters. The van der Waals surface area contributed by atoms with Gasteiger partial charge in [0.1, 0.15) is 0 Å². The summed E-state index contributed by atoms with van der Waals surface area (Å²) in [7, 11) is 0. The smallest absolute Gasteiger partial charge is 0.0624 e. The topological polar surface area (TPSA) is 12.5 Å². The second kappa shape index (κ2) is 4.36. The maximum atomic E-state index is 6.02. The van der Waals surface area contributed by atoms with Gasteiger partial charge in [0.15, 0.2) is 0 Å². The van der Waals surface area contributed by atoms with Crippen LogP contribution in [0.15, 0.2) is 30.3 Å². The summed E-state index contributed by atoms with van der Waals surface area (Å²) in [5, 5.41) is 0. The summed E-state index contributed by atoms with van der Waals surface area (Å²) in [5.41, 5.74) is 1.47. The molecule has 3 heterocycles. The van der Waals surface area contributed by atoms with E-state index in [1.54, 1.807) is 0 Å². The van der Waals surface area contributed by atoms with Gasteiger partial charge in [0.25, 0.3) is 0 Å². The van der Waals surface area contributed by atoms with Crippen molar-refractivity contribution in [3.8, 4) is 0 Å². The summed E-state index contributed by atoms with van der Waals surface area (Å²) in [6.45, 7) is 3.77. The van der Waals surface area contributed by atoms with Crippen LogP contribution in [-0.2, 0) is 11.2 Å². The molecular weight excluding hydrogens is 222 g/mol. The zero-order valence-corrected chi connectivity index (χ0v) is 10.8. The minimum Gasteiger partial charge on any atom is -0.374 e. The first-order valence-corrected chi connectivity index (χ1v) is 7.32. The van der Waals surface area contributed by atoms with Gasteiger partial charge < -0.3 is 9.64 Å². The Morgan fingerprint density at radius 3 is 2.33 bits per heavy atom. The number of rotatable bonds is 3. The third-order valence-corrected chi connectivity index (χ3v) is 5.09. The van der Waals surface area contributed by atoms with Crippen LogP contribution in [0.25, 0.3) is 0 Å². The Morgan fingerprint density at radius 2 is 1.67 bits per heavy atom. The zero-order valence-electron chi connectivity index (χ0n) is 10.8. The van der Waals surface area contributed by atoms with E-state index in [0.717, 1.165) is 11.8 Å². The Hall–Kier alpha value is -0.860. The third-order valence-electron chi connectivity index (χ3n) is 5.09. The lowest BCUT2D eigenvalue weighted by Crippen LogP contribution is -2.27. The van der Waals surface area contributed by atoms with Crippen LogP contribution in [0.5, 0.6) is 0 Å². The van der Waals surface area contributed by atoms with Gasteiger partial charge in [-0.25, -0.2) is 0 Å². The molecule has 0 saturated carbocycles. The summed E-state index contributed by atoms with van der Waals surface area (Å²) in [6, 6.07) is 10.9. The Bertz CT molecular complexity index is 400. The highest BCUT2D eigenvalue weighted by Gasteiger charge is 2.52. The minimum atomic E-state index is 0.599. The molecule has 96 valence electrons. The van der Waals surface area contributed by atoms with Crippen LogP contribution in [-0.4, -0.2) is 36.7 Å². The lowest BCUT2D eigenvalue weighted by atomic mass is 9.82. The highest BCUT2D eigenvalue weighted by molar-refractivity contribution is 5.15. The largest absolute Gasteiger partial charge is 0.374 e. The average molecular weight is 243 g/mol. The van der Waals surface area contributed by atoms with E-state index in [9.17, 15) is 0 Å². The first-order chi connectivity index (χ1) is 8.90. The third kappa shape index (κ3) is 1.79. The maximum Gasteiger partial charge on any atom is 0.0624 e. The van der Waals surface area contributed by atoms with Crippen LogP contribution < -0.4 is 0 Å². The summed E-state index contributed by atoms with van der Waals surface area (Å²) in [5.74, 6) is 1.69. The highest BCUT2D eigenvalue weighted by atomic mass is 16.5. The first kappa shape index (κ1) is 11.0. The zero-order chi connectivity index (χ0) is 11.9. The fourth-order valence-corrected chi connectivity index (χ4v) is 4.16. The Morgan fingerprint density at radius 1 is 1.00 bits per heavy atom. The molecule has 3 saturated heterocycles. The van der Waals surface area contributed by atoms with E-state index in [1.165, 1.54) is 44.5 Å².